The minimum atomic E-state index is -0.707. The summed E-state index contributed by atoms with van der Waals surface area (Å²) >= 11 is 0. The van der Waals surface area contributed by atoms with Crippen LogP contribution in [0.15, 0.2) is 73.4 Å². The van der Waals surface area contributed by atoms with E-state index in [1.165, 1.54) is 5.56 Å². The zero-order valence-corrected chi connectivity index (χ0v) is 17.6. The average Bonchev–Trinajstić information content (AvgIpc) is 2.78. The van der Waals surface area contributed by atoms with Gasteiger partial charge in [0.15, 0.2) is 0 Å². The molecular formula is C26H29FN2O. The molecular weight excluding hydrogens is 375 g/mol. The minimum Gasteiger partial charge on any atom is -0.490 e. The molecule has 3 rings (SSSR count). The van der Waals surface area contributed by atoms with E-state index in [2.05, 4.69) is 47.1 Å². The normalized spacial score (nSPS) is 11.8. The van der Waals surface area contributed by atoms with E-state index in [0.717, 1.165) is 53.8 Å². The molecule has 30 heavy (non-hydrogen) atoms. The van der Waals surface area contributed by atoms with Crippen molar-refractivity contribution in [3.63, 3.8) is 0 Å². The molecule has 0 amide bonds. The van der Waals surface area contributed by atoms with Gasteiger partial charge in [-0.3, -0.25) is 0 Å². The van der Waals surface area contributed by atoms with E-state index >= 15 is 0 Å². The summed E-state index contributed by atoms with van der Waals surface area (Å²) in [5, 5.41) is 8.34. The minimum absolute atomic E-state index is 0.487. The fourth-order valence-corrected chi connectivity index (χ4v) is 3.47. The molecule has 1 heterocycles. The lowest BCUT2D eigenvalue weighted by Gasteiger charge is -2.13. The third-order valence-corrected chi connectivity index (χ3v) is 5.03. The molecule has 0 N–H and O–H groups in total. The second-order valence-corrected chi connectivity index (χ2v) is 7.49. The summed E-state index contributed by atoms with van der Waals surface area (Å²) in [4.78, 5) is 0. The van der Waals surface area contributed by atoms with E-state index in [9.17, 15) is 4.39 Å². The molecule has 0 fully saturated rings. The highest BCUT2D eigenvalue weighted by Gasteiger charge is 2.11. The van der Waals surface area contributed by atoms with Crippen LogP contribution in [0.5, 0.6) is 5.75 Å². The molecule has 1 unspecified atom stereocenters. The van der Waals surface area contributed by atoms with Gasteiger partial charge in [0.25, 0.3) is 0 Å². The quantitative estimate of drug-likeness (QED) is 0.259. The first-order valence-electron chi connectivity index (χ1n) is 10.6. The summed E-state index contributed by atoms with van der Waals surface area (Å²) in [7, 11) is 0. The van der Waals surface area contributed by atoms with Crippen molar-refractivity contribution in [2.75, 3.05) is 6.61 Å². The molecule has 3 aromatic rings. The third kappa shape index (κ3) is 6.24. The molecule has 0 aliphatic rings. The van der Waals surface area contributed by atoms with E-state index in [4.69, 9.17) is 4.74 Å². The van der Waals surface area contributed by atoms with Crippen LogP contribution in [0, 0.1) is 0 Å². The summed E-state index contributed by atoms with van der Waals surface area (Å²) in [6, 6.07) is 18.5. The van der Waals surface area contributed by atoms with Crippen LogP contribution in [0.25, 0.3) is 22.4 Å². The molecule has 0 radical (unpaired) electrons. The molecule has 1 atom stereocenters. The molecule has 156 valence electrons. The number of halogens is 1. The lowest BCUT2D eigenvalue weighted by atomic mass is 9.93. The number of ether oxygens (including phenoxy) is 1. The topological polar surface area (TPSA) is 35.0 Å². The fraction of sp³-hybridized carbons (Fsp3) is 0.308. The van der Waals surface area contributed by atoms with Crippen molar-refractivity contribution in [3.8, 4) is 28.1 Å². The van der Waals surface area contributed by atoms with Crippen LogP contribution in [0.4, 0.5) is 4.39 Å². The highest BCUT2D eigenvalue weighted by atomic mass is 19.1. The Balaban J connectivity index is 1.83. The Morgan fingerprint density at radius 1 is 1.03 bits per heavy atom. The molecule has 0 saturated heterocycles. The van der Waals surface area contributed by atoms with Gasteiger partial charge in [-0.05, 0) is 67.1 Å². The van der Waals surface area contributed by atoms with Crippen LogP contribution >= 0.6 is 0 Å². The van der Waals surface area contributed by atoms with Crippen LogP contribution in [0.3, 0.4) is 0 Å². The number of nitrogens with zero attached hydrogens (tertiary/aromatic N) is 2. The molecule has 0 spiro atoms. The van der Waals surface area contributed by atoms with E-state index < -0.39 is 6.17 Å². The maximum absolute atomic E-state index is 13.0. The van der Waals surface area contributed by atoms with Crippen LogP contribution in [-0.2, 0) is 6.42 Å². The Bertz CT molecular complexity index is 924. The number of rotatable bonds is 11. The van der Waals surface area contributed by atoms with E-state index in [-0.39, 0.29) is 0 Å². The Morgan fingerprint density at radius 3 is 2.57 bits per heavy atom. The second-order valence-electron chi connectivity index (χ2n) is 7.49. The van der Waals surface area contributed by atoms with Crippen LogP contribution < -0.4 is 4.74 Å². The van der Waals surface area contributed by atoms with Gasteiger partial charge in [-0.2, -0.15) is 10.2 Å². The first-order chi connectivity index (χ1) is 14.7. The van der Waals surface area contributed by atoms with E-state index in [0.29, 0.717) is 13.0 Å². The largest absolute Gasteiger partial charge is 0.490 e. The maximum Gasteiger partial charge on any atom is 0.119 e. The van der Waals surface area contributed by atoms with Crippen molar-refractivity contribution in [1.82, 2.24) is 10.2 Å². The monoisotopic (exact) mass is 404 g/mol. The third-order valence-electron chi connectivity index (χ3n) is 5.03. The smallest absolute Gasteiger partial charge is 0.119 e. The predicted octanol–water partition coefficient (Wildman–Crippen LogP) is 6.84. The summed E-state index contributed by atoms with van der Waals surface area (Å²) in [6.07, 6.45) is 7.39. The summed E-state index contributed by atoms with van der Waals surface area (Å²) < 4.78 is 18.6. The average molecular weight is 405 g/mol. The lowest BCUT2D eigenvalue weighted by Crippen LogP contribution is -1.95. The number of alkyl halides is 1. The highest BCUT2D eigenvalue weighted by molar-refractivity contribution is 5.82. The molecule has 2 aromatic carbocycles. The summed E-state index contributed by atoms with van der Waals surface area (Å²) in [6.45, 7) is 5.80. The molecule has 0 bridgehead atoms. The van der Waals surface area contributed by atoms with Crippen LogP contribution in [0.1, 0.15) is 38.2 Å². The maximum atomic E-state index is 13.0. The zero-order chi connectivity index (χ0) is 21.2. The second kappa shape index (κ2) is 11.2. The van der Waals surface area contributed by atoms with Crippen molar-refractivity contribution in [2.45, 2.75) is 45.2 Å². The van der Waals surface area contributed by atoms with Gasteiger partial charge in [0.05, 0.1) is 11.9 Å². The summed E-state index contributed by atoms with van der Waals surface area (Å²) in [5.74, 6) is 0.818. The van der Waals surface area contributed by atoms with Crippen molar-refractivity contribution >= 4 is 0 Å². The van der Waals surface area contributed by atoms with Crippen LogP contribution in [-0.4, -0.2) is 23.0 Å². The standard InChI is InChI=1S/C26H29FN2O/c1-3-18-30-23-14-12-22(13-15-23)25-19-21(9-6-4-5-8-20(2)27)11-16-24(25)26-10-7-17-28-29-26/h3,7,10-17,19-20H,1,4-6,8-9,18H2,2H3. The van der Waals surface area contributed by atoms with Crippen molar-refractivity contribution in [1.29, 1.82) is 0 Å². The van der Waals surface area contributed by atoms with Crippen molar-refractivity contribution < 1.29 is 9.13 Å². The van der Waals surface area contributed by atoms with Gasteiger partial charge < -0.3 is 4.74 Å². The van der Waals surface area contributed by atoms with E-state index in [1.807, 2.05) is 24.3 Å². The predicted molar refractivity (Wildman–Crippen MR) is 121 cm³/mol. The van der Waals surface area contributed by atoms with Gasteiger partial charge in [-0.15, -0.1) is 0 Å². The number of aryl methyl sites for hydroxylation is 1. The first-order valence-corrected chi connectivity index (χ1v) is 10.6. The van der Waals surface area contributed by atoms with Gasteiger partial charge in [0.2, 0.25) is 0 Å². The Labute approximate surface area is 178 Å². The highest BCUT2D eigenvalue weighted by Crippen LogP contribution is 2.33. The number of aromatic nitrogens is 2. The molecule has 3 nitrogen and oxygen atoms in total. The van der Waals surface area contributed by atoms with Crippen molar-refractivity contribution in [2.24, 2.45) is 0 Å². The van der Waals surface area contributed by atoms with Crippen molar-refractivity contribution in [3.05, 3.63) is 79.0 Å². The Kier molecular flexibility index (Phi) is 8.13. The van der Waals surface area contributed by atoms with Gasteiger partial charge in [-0.1, -0.05) is 55.8 Å². The van der Waals surface area contributed by atoms with E-state index in [1.54, 1.807) is 19.2 Å². The summed E-state index contributed by atoms with van der Waals surface area (Å²) in [5.41, 5.74) is 5.41. The molecule has 4 heteroatoms. The molecule has 0 aliphatic carbocycles. The number of benzene rings is 2. The Morgan fingerprint density at radius 2 is 1.87 bits per heavy atom. The molecule has 0 aliphatic heterocycles. The lowest BCUT2D eigenvalue weighted by molar-refractivity contribution is 0.330. The number of hydrogen-bond acceptors (Lipinski definition) is 3. The molecule has 0 saturated carbocycles. The number of hydrogen-bond donors (Lipinski definition) is 0. The Hall–Kier alpha value is -3.01. The van der Waals surface area contributed by atoms with Gasteiger partial charge in [-0.25, -0.2) is 4.39 Å². The van der Waals surface area contributed by atoms with Gasteiger partial charge >= 0.3 is 0 Å². The van der Waals surface area contributed by atoms with Gasteiger partial charge in [0.1, 0.15) is 12.4 Å². The van der Waals surface area contributed by atoms with Gasteiger partial charge in [0, 0.05) is 11.8 Å². The molecule has 1 aromatic heterocycles. The SMILES string of the molecule is C=CCOc1ccc(-c2cc(CCCCCC(C)F)ccc2-c2cccnn2)cc1. The van der Waals surface area contributed by atoms with Crippen LogP contribution in [0.2, 0.25) is 0 Å². The number of unbranched alkanes of at least 4 members (excludes halogenated alkanes) is 2. The zero-order valence-electron chi connectivity index (χ0n) is 17.6. The fourth-order valence-electron chi connectivity index (χ4n) is 3.47. The first kappa shape index (κ1) is 21.7.